The van der Waals surface area contributed by atoms with Crippen molar-refractivity contribution in [2.75, 3.05) is 19.7 Å². The van der Waals surface area contributed by atoms with Crippen LogP contribution in [0.1, 0.15) is 25.3 Å². The first-order valence-corrected chi connectivity index (χ1v) is 7.21. The van der Waals surface area contributed by atoms with Gasteiger partial charge in [0, 0.05) is 6.54 Å². The molecule has 21 heavy (non-hydrogen) atoms. The zero-order chi connectivity index (χ0) is 15.2. The van der Waals surface area contributed by atoms with Crippen LogP contribution in [0.4, 0.5) is 0 Å². The Kier molecular flexibility index (Phi) is 5.18. The van der Waals surface area contributed by atoms with Gasteiger partial charge in [-0.25, -0.2) is 0 Å². The molecule has 2 atom stereocenters. The fourth-order valence-electron chi connectivity index (χ4n) is 2.83. The number of hydrogen-bond acceptors (Lipinski definition) is 4. The minimum absolute atomic E-state index is 0.172. The summed E-state index contributed by atoms with van der Waals surface area (Å²) >= 11 is 0. The van der Waals surface area contributed by atoms with E-state index in [2.05, 4.69) is 6.07 Å². The molecule has 0 amide bonds. The molecule has 1 fully saturated rings. The number of benzene rings is 1. The Morgan fingerprint density at radius 1 is 1.48 bits per heavy atom. The molecule has 5 nitrogen and oxygen atoms in total. The normalized spacial score (nSPS) is 22.5. The van der Waals surface area contributed by atoms with Gasteiger partial charge in [0.05, 0.1) is 11.6 Å². The monoisotopic (exact) mass is 288 g/mol. The van der Waals surface area contributed by atoms with Crippen molar-refractivity contribution >= 4 is 5.97 Å². The Bertz CT molecular complexity index is 521. The van der Waals surface area contributed by atoms with E-state index in [1.165, 1.54) is 0 Å². The number of ether oxygens (including phenoxy) is 1. The molecular formula is C16H20N2O3. The van der Waals surface area contributed by atoms with Crippen LogP contribution in [0.25, 0.3) is 0 Å². The highest BCUT2D eigenvalue weighted by atomic mass is 16.5. The van der Waals surface area contributed by atoms with E-state index in [9.17, 15) is 9.90 Å². The first-order valence-electron chi connectivity index (χ1n) is 7.21. The number of nitriles is 1. The first-order chi connectivity index (χ1) is 10.1. The molecule has 1 aromatic carbocycles. The highest BCUT2D eigenvalue weighted by molar-refractivity contribution is 5.74. The van der Waals surface area contributed by atoms with Gasteiger partial charge in [0.25, 0.3) is 0 Å². The smallest absolute Gasteiger partial charge is 0.321 e. The third kappa shape index (κ3) is 3.96. The van der Waals surface area contributed by atoms with Crippen LogP contribution >= 0.6 is 0 Å². The Morgan fingerprint density at radius 3 is 2.81 bits per heavy atom. The second-order valence-electron chi connectivity index (χ2n) is 5.42. The lowest BCUT2D eigenvalue weighted by Crippen LogP contribution is -2.50. The largest absolute Gasteiger partial charge is 0.492 e. The zero-order valence-corrected chi connectivity index (χ0v) is 12.2. The minimum atomic E-state index is -0.749. The van der Waals surface area contributed by atoms with Crippen LogP contribution in [0.15, 0.2) is 24.3 Å². The van der Waals surface area contributed by atoms with E-state index in [0.717, 1.165) is 19.4 Å². The maximum atomic E-state index is 11.4. The highest BCUT2D eigenvalue weighted by Gasteiger charge is 2.33. The quantitative estimate of drug-likeness (QED) is 0.898. The second kappa shape index (κ2) is 7.09. The van der Waals surface area contributed by atoms with Crippen molar-refractivity contribution in [1.29, 1.82) is 5.26 Å². The molecular weight excluding hydrogens is 268 g/mol. The number of aliphatic carboxylic acids is 1. The number of likely N-dealkylation sites (tertiary alicyclic amines) is 1. The summed E-state index contributed by atoms with van der Waals surface area (Å²) in [6.07, 6.45) is 1.99. The van der Waals surface area contributed by atoms with Crippen LogP contribution in [-0.4, -0.2) is 41.7 Å². The Balaban J connectivity index is 1.86. The third-order valence-electron chi connectivity index (χ3n) is 3.92. The van der Waals surface area contributed by atoms with Gasteiger partial charge in [-0.1, -0.05) is 6.92 Å². The minimum Gasteiger partial charge on any atom is -0.492 e. The molecule has 0 aliphatic carbocycles. The fourth-order valence-corrected chi connectivity index (χ4v) is 2.83. The lowest BCUT2D eigenvalue weighted by Gasteiger charge is -2.37. The van der Waals surface area contributed by atoms with Crippen molar-refractivity contribution < 1.29 is 14.6 Å². The lowest BCUT2D eigenvalue weighted by molar-refractivity contribution is -0.147. The summed E-state index contributed by atoms with van der Waals surface area (Å²) in [4.78, 5) is 13.4. The lowest BCUT2D eigenvalue weighted by atomic mass is 9.91. The molecule has 0 spiro atoms. The number of carbonyl (C=O) groups is 1. The Morgan fingerprint density at radius 2 is 2.19 bits per heavy atom. The van der Waals surface area contributed by atoms with Gasteiger partial charge in [-0.15, -0.1) is 0 Å². The number of piperidine rings is 1. The standard InChI is InChI=1S/C16H20N2O3/c1-12-3-2-8-18(15(12)16(19)20)9-10-21-14-6-4-13(11-17)5-7-14/h4-7,12,15H,2-3,8-10H2,1H3,(H,19,20). The number of carboxylic acids is 1. The van der Waals surface area contributed by atoms with E-state index in [1.54, 1.807) is 24.3 Å². The van der Waals surface area contributed by atoms with Gasteiger partial charge in [-0.05, 0) is 49.6 Å². The Hall–Kier alpha value is -2.06. The molecule has 0 bridgehead atoms. The summed E-state index contributed by atoms with van der Waals surface area (Å²) in [6.45, 7) is 3.84. The van der Waals surface area contributed by atoms with Gasteiger partial charge in [0.15, 0.2) is 0 Å². The van der Waals surface area contributed by atoms with Crippen LogP contribution in [-0.2, 0) is 4.79 Å². The molecule has 2 unspecified atom stereocenters. The van der Waals surface area contributed by atoms with Crippen LogP contribution in [0.3, 0.4) is 0 Å². The van der Waals surface area contributed by atoms with Gasteiger partial charge in [-0.3, -0.25) is 9.69 Å². The van der Waals surface area contributed by atoms with Crippen LogP contribution < -0.4 is 4.74 Å². The van der Waals surface area contributed by atoms with E-state index < -0.39 is 12.0 Å². The molecule has 0 aromatic heterocycles. The second-order valence-corrected chi connectivity index (χ2v) is 5.42. The summed E-state index contributed by atoms with van der Waals surface area (Å²) in [6, 6.07) is 8.57. The number of nitrogens with zero attached hydrogens (tertiary/aromatic N) is 2. The molecule has 1 aliphatic heterocycles. The number of rotatable bonds is 5. The fraction of sp³-hybridized carbons (Fsp3) is 0.500. The molecule has 1 aromatic rings. The van der Waals surface area contributed by atoms with E-state index in [1.807, 2.05) is 11.8 Å². The topological polar surface area (TPSA) is 73.6 Å². The van der Waals surface area contributed by atoms with E-state index in [0.29, 0.717) is 24.5 Å². The summed E-state index contributed by atoms with van der Waals surface area (Å²) in [5.74, 6) is 0.123. The molecule has 0 saturated carbocycles. The molecule has 1 heterocycles. The van der Waals surface area contributed by atoms with E-state index in [-0.39, 0.29) is 5.92 Å². The molecule has 1 aliphatic rings. The van der Waals surface area contributed by atoms with Gasteiger partial charge in [-0.2, -0.15) is 5.26 Å². The van der Waals surface area contributed by atoms with E-state index >= 15 is 0 Å². The summed E-state index contributed by atoms with van der Waals surface area (Å²) in [7, 11) is 0. The molecule has 5 heteroatoms. The van der Waals surface area contributed by atoms with Crippen LogP contribution in [0.2, 0.25) is 0 Å². The van der Waals surface area contributed by atoms with Gasteiger partial charge in [0.1, 0.15) is 18.4 Å². The van der Waals surface area contributed by atoms with Crippen molar-refractivity contribution in [1.82, 2.24) is 4.90 Å². The SMILES string of the molecule is CC1CCCN(CCOc2ccc(C#N)cc2)C1C(=O)O. The third-order valence-corrected chi connectivity index (χ3v) is 3.92. The molecule has 0 radical (unpaired) electrons. The maximum Gasteiger partial charge on any atom is 0.321 e. The molecule has 1 saturated heterocycles. The van der Waals surface area contributed by atoms with E-state index in [4.69, 9.17) is 10.00 Å². The van der Waals surface area contributed by atoms with Crippen molar-refractivity contribution in [3.8, 4) is 11.8 Å². The maximum absolute atomic E-state index is 11.4. The van der Waals surface area contributed by atoms with Crippen LogP contribution in [0, 0.1) is 17.2 Å². The highest BCUT2D eigenvalue weighted by Crippen LogP contribution is 2.23. The van der Waals surface area contributed by atoms with Crippen molar-refractivity contribution in [3.05, 3.63) is 29.8 Å². The zero-order valence-electron chi connectivity index (χ0n) is 12.2. The Labute approximate surface area is 124 Å². The predicted octanol–water partition coefficient (Wildman–Crippen LogP) is 2.12. The molecule has 112 valence electrons. The number of carboxylic acid groups (broad SMARTS) is 1. The number of hydrogen-bond donors (Lipinski definition) is 1. The van der Waals surface area contributed by atoms with Crippen LogP contribution in [0.5, 0.6) is 5.75 Å². The molecule has 1 N–H and O–H groups in total. The summed E-state index contributed by atoms with van der Waals surface area (Å²) < 4.78 is 5.63. The van der Waals surface area contributed by atoms with Gasteiger partial charge < -0.3 is 9.84 Å². The van der Waals surface area contributed by atoms with Crippen molar-refractivity contribution in [2.45, 2.75) is 25.8 Å². The summed E-state index contributed by atoms with van der Waals surface area (Å²) in [5.41, 5.74) is 0.596. The van der Waals surface area contributed by atoms with Gasteiger partial charge in [0.2, 0.25) is 0 Å². The van der Waals surface area contributed by atoms with Crippen molar-refractivity contribution in [2.24, 2.45) is 5.92 Å². The average Bonchev–Trinajstić information content (AvgIpc) is 2.47. The molecule has 2 rings (SSSR count). The van der Waals surface area contributed by atoms with Crippen molar-refractivity contribution in [3.63, 3.8) is 0 Å². The predicted molar refractivity (Wildman–Crippen MR) is 78.0 cm³/mol. The first kappa shape index (κ1) is 15.3. The van der Waals surface area contributed by atoms with Gasteiger partial charge >= 0.3 is 5.97 Å². The average molecular weight is 288 g/mol. The summed E-state index contributed by atoms with van der Waals surface area (Å²) in [5, 5.41) is 18.1.